The summed E-state index contributed by atoms with van der Waals surface area (Å²) >= 11 is 4.84. The number of amides is 1. The zero-order chi connectivity index (χ0) is 15.2. The van der Waals surface area contributed by atoms with Crippen molar-refractivity contribution in [2.75, 3.05) is 5.32 Å². The molecule has 0 radical (unpaired) electrons. The molecule has 0 fully saturated rings. The third-order valence-corrected chi connectivity index (χ3v) is 3.82. The van der Waals surface area contributed by atoms with Gasteiger partial charge in [-0.2, -0.15) is 11.3 Å². The smallest absolute Gasteiger partial charge is 0.267 e. The Morgan fingerprint density at radius 2 is 2.10 bits per heavy atom. The van der Waals surface area contributed by atoms with E-state index in [9.17, 15) is 4.79 Å². The van der Waals surface area contributed by atoms with Crippen LogP contribution in [-0.2, 0) is 9.63 Å². The van der Waals surface area contributed by atoms with Gasteiger partial charge in [0.05, 0.1) is 0 Å². The molecular weight excluding hydrogens is 354 g/mol. The summed E-state index contributed by atoms with van der Waals surface area (Å²) in [5, 5.41) is 10.3. The molecule has 3 N–H and O–H groups in total. The lowest BCUT2D eigenvalue weighted by Gasteiger charge is -2.11. The molecule has 2 aromatic rings. The number of oxime groups is 1. The maximum Gasteiger partial charge on any atom is 0.267 e. The van der Waals surface area contributed by atoms with Crippen LogP contribution in [0.25, 0.3) is 0 Å². The lowest BCUT2D eigenvalue weighted by Crippen LogP contribution is -2.27. The average Bonchev–Trinajstić information content (AvgIpc) is 3.01. The summed E-state index contributed by atoms with van der Waals surface area (Å²) in [5.41, 5.74) is 7.22. The summed E-state index contributed by atoms with van der Waals surface area (Å²) in [6, 6.07) is 9.09. The number of nitrogens with two attached hydrogens (primary N) is 1. The van der Waals surface area contributed by atoms with Crippen molar-refractivity contribution in [2.45, 2.75) is 13.0 Å². The molecular formula is C14H14BrN3O2S. The van der Waals surface area contributed by atoms with Gasteiger partial charge in [-0.15, -0.1) is 0 Å². The Balaban J connectivity index is 1.90. The summed E-state index contributed by atoms with van der Waals surface area (Å²) in [5.74, 6) is -0.0428. The van der Waals surface area contributed by atoms with Crippen molar-refractivity contribution >= 4 is 44.7 Å². The van der Waals surface area contributed by atoms with Gasteiger partial charge in [-0.3, -0.25) is 4.79 Å². The first-order valence-electron chi connectivity index (χ1n) is 6.14. The number of nitrogens with zero attached hydrogens (tertiary/aromatic N) is 1. The number of halogens is 1. The van der Waals surface area contributed by atoms with Gasteiger partial charge < -0.3 is 15.9 Å². The Hall–Kier alpha value is -1.86. The van der Waals surface area contributed by atoms with Crippen molar-refractivity contribution in [1.29, 1.82) is 0 Å². The Morgan fingerprint density at radius 3 is 2.71 bits per heavy atom. The number of benzene rings is 1. The summed E-state index contributed by atoms with van der Waals surface area (Å²) in [7, 11) is 0. The molecule has 1 heterocycles. The van der Waals surface area contributed by atoms with Gasteiger partial charge >= 0.3 is 0 Å². The van der Waals surface area contributed by atoms with E-state index in [-0.39, 0.29) is 11.7 Å². The van der Waals surface area contributed by atoms with Gasteiger partial charge in [0.15, 0.2) is 5.84 Å². The van der Waals surface area contributed by atoms with E-state index < -0.39 is 6.10 Å². The fourth-order valence-corrected chi connectivity index (χ4v) is 2.34. The Kier molecular flexibility index (Phi) is 5.35. The minimum Gasteiger partial charge on any atom is -0.381 e. The van der Waals surface area contributed by atoms with Crippen LogP contribution < -0.4 is 11.1 Å². The number of hydrogen-bond acceptors (Lipinski definition) is 4. The second-order valence-corrected chi connectivity index (χ2v) is 5.93. The molecule has 0 saturated heterocycles. The van der Waals surface area contributed by atoms with E-state index in [0.717, 1.165) is 10.0 Å². The Labute approximate surface area is 134 Å². The molecule has 1 atom stereocenters. The third kappa shape index (κ3) is 4.57. The summed E-state index contributed by atoms with van der Waals surface area (Å²) < 4.78 is 0.943. The molecule has 1 amide bonds. The van der Waals surface area contributed by atoms with Crippen LogP contribution in [0.15, 0.2) is 50.7 Å². The molecule has 0 spiro atoms. The molecule has 0 aliphatic carbocycles. The first kappa shape index (κ1) is 15.5. The van der Waals surface area contributed by atoms with Crippen molar-refractivity contribution in [1.82, 2.24) is 0 Å². The molecule has 0 aliphatic rings. The fourth-order valence-electron chi connectivity index (χ4n) is 1.42. The summed E-state index contributed by atoms with van der Waals surface area (Å²) in [4.78, 5) is 17.1. The molecule has 0 saturated carbocycles. The molecule has 1 unspecified atom stereocenters. The maximum absolute atomic E-state index is 11.9. The second-order valence-electron chi connectivity index (χ2n) is 4.23. The highest BCUT2D eigenvalue weighted by atomic mass is 79.9. The van der Waals surface area contributed by atoms with Crippen LogP contribution in [-0.4, -0.2) is 17.8 Å². The highest BCUT2D eigenvalue weighted by Gasteiger charge is 2.14. The normalized spacial score (nSPS) is 12.8. The number of hydrogen-bond donors (Lipinski definition) is 2. The average molecular weight is 368 g/mol. The molecule has 1 aromatic heterocycles. The molecule has 0 aliphatic heterocycles. The van der Waals surface area contributed by atoms with Crippen LogP contribution in [0, 0.1) is 0 Å². The van der Waals surface area contributed by atoms with E-state index >= 15 is 0 Å². The zero-order valence-electron chi connectivity index (χ0n) is 11.2. The number of carbonyl (C=O) groups is 1. The van der Waals surface area contributed by atoms with Crippen LogP contribution in [0.5, 0.6) is 0 Å². The Bertz CT molecular complexity index is 626. The van der Waals surface area contributed by atoms with E-state index in [1.165, 1.54) is 11.3 Å². The number of nitrogens with one attached hydrogen (secondary N) is 1. The lowest BCUT2D eigenvalue weighted by atomic mass is 10.3. The number of carbonyl (C=O) groups excluding carboxylic acids is 1. The number of anilines is 1. The highest BCUT2D eigenvalue weighted by Crippen LogP contribution is 2.14. The monoisotopic (exact) mass is 367 g/mol. The predicted octanol–water partition coefficient (Wildman–Crippen LogP) is 3.17. The van der Waals surface area contributed by atoms with Gasteiger partial charge in [0, 0.05) is 21.1 Å². The molecule has 5 nitrogen and oxygen atoms in total. The number of thiophene rings is 1. The topological polar surface area (TPSA) is 76.7 Å². The van der Waals surface area contributed by atoms with Crippen LogP contribution >= 0.6 is 27.3 Å². The molecule has 2 rings (SSSR count). The number of amidine groups is 1. The van der Waals surface area contributed by atoms with E-state index in [4.69, 9.17) is 10.6 Å². The maximum atomic E-state index is 11.9. The molecule has 0 bridgehead atoms. The zero-order valence-corrected chi connectivity index (χ0v) is 13.6. The van der Waals surface area contributed by atoms with Gasteiger partial charge in [-0.05, 0) is 42.6 Å². The van der Waals surface area contributed by atoms with Gasteiger partial charge in [-0.1, -0.05) is 21.1 Å². The first-order valence-corrected chi connectivity index (χ1v) is 7.88. The third-order valence-electron chi connectivity index (χ3n) is 2.61. The van der Waals surface area contributed by atoms with Gasteiger partial charge in [0.1, 0.15) is 0 Å². The largest absolute Gasteiger partial charge is 0.381 e. The van der Waals surface area contributed by atoms with Crippen molar-refractivity contribution in [2.24, 2.45) is 10.9 Å². The first-order chi connectivity index (χ1) is 10.1. The summed E-state index contributed by atoms with van der Waals surface area (Å²) in [6.07, 6.45) is -0.745. The van der Waals surface area contributed by atoms with E-state index in [2.05, 4.69) is 26.4 Å². The van der Waals surface area contributed by atoms with Crippen molar-refractivity contribution < 1.29 is 9.63 Å². The van der Waals surface area contributed by atoms with E-state index in [1.54, 1.807) is 19.1 Å². The van der Waals surface area contributed by atoms with Crippen molar-refractivity contribution in [3.05, 3.63) is 51.1 Å². The SMILES string of the molecule is CC(ON=C(N)c1ccsc1)C(=O)Nc1ccc(Br)cc1. The fraction of sp³-hybridized carbons (Fsp3) is 0.143. The molecule has 7 heteroatoms. The standard InChI is InChI=1S/C14H14BrN3O2S/c1-9(20-18-13(16)10-6-7-21-8-10)14(19)17-12-4-2-11(15)3-5-12/h2-9H,1H3,(H2,16,18)(H,17,19). The number of rotatable bonds is 5. The quantitative estimate of drug-likeness (QED) is 0.484. The van der Waals surface area contributed by atoms with Gasteiger partial charge in [-0.25, -0.2) is 0 Å². The minimum atomic E-state index is -0.745. The van der Waals surface area contributed by atoms with Gasteiger partial charge in [0.2, 0.25) is 6.10 Å². The molecule has 21 heavy (non-hydrogen) atoms. The van der Waals surface area contributed by atoms with Crippen molar-refractivity contribution in [3.8, 4) is 0 Å². The Morgan fingerprint density at radius 1 is 1.38 bits per heavy atom. The second kappa shape index (κ2) is 7.24. The highest BCUT2D eigenvalue weighted by molar-refractivity contribution is 9.10. The lowest BCUT2D eigenvalue weighted by molar-refractivity contribution is -0.126. The van der Waals surface area contributed by atoms with Crippen LogP contribution in [0.1, 0.15) is 12.5 Å². The summed E-state index contributed by atoms with van der Waals surface area (Å²) in [6.45, 7) is 1.61. The molecule has 1 aromatic carbocycles. The molecule has 110 valence electrons. The van der Waals surface area contributed by atoms with Crippen LogP contribution in [0.4, 0.5) is 5.69 Å². The van der Waals surface area contributed by atoms with Crippen molar-refractivity contribution in [3.63, 3.8) is 0 Å². The minimum absolute atomic E-state index is 0.250. The van der Waals surface area contributed by atoms with Crippen LogP contribution in [0.3, 0.4) is 0 Å². The van der Waals surface area contributed by atoms with Crippen LogP contribution in [0.2, 0.25) is 0 Å². The van der Waals surface area contributed by atoms with E-state index in [0.29, 0.717) is 5.69 Å². The van der Waals surface area contributed by atoms with E-state index in [1.807, 2.05) is 29.0 Å². The van der Waals surface area contributed by atoms with Gasteiger partial charge in [0.25, 0.3) is 5.91 Å². The predicted molar refractivity (Wildman–Crippen MR) is 88.4 cm³/mol.